The highest BCUT2D eigenvalue weighted by Gasteiger charge is 2.27. The van der Waals surface area contributed by atoms with Crippen molar-refractivity contribution in [3.05, 3.63) is 0 Å². The van der Waals surface area contributed by atoms with Crippen LogP contribution in [0.25, 0.3) is 0 Å². The molecule has 4 heteroatoms. The number of rotatable bonds is 5. The highest BCUT2D eigenvalue weighted by atomic mass is 16.3. The average molecular weight is 202 g/mol. The molecule has 0 aromatic rings. The molecule has 0 aliphatic rings. The lowest BCUT2D eigenvalue weighted by molar-refractivity contribution is -0.127. The molecule has 0 radical (unpaired) electrons. The van der Waals surface area contributed by atoms with Crippen LogP contribution >= 0.6 is 0 Å². The van der Waals surface area contributed by atoms with Crippen LogP contribution < -0.4 is 11.1 Å². The predicted octanol–water partition coefficient (Wildman–Crippen LogP) is 0.247. The Morgan fingerprint density at radius 1 is 1.50 bits per heavy atom. The number of amides is 1. The molecule has 0 aromatic heterocycles. The minimum absolute atomic E-state index is 0.0543. The smallest absolute Gasteiger partial charge is 0.223 e. The van der Waals surface area contributed by atoms with Gasteiger partial charge in [-0.25, -0.2) is 0 Å². The topological polar surface area (TPSA) is 75.4 Å². The first-order valence-electron chi connectivity index (χ1n) is 5.01. The SMILES string of the molecule is CC(CCN)C(=O)NC(C)(C)C(C)O. The lowest BCUT2D eigenvalue weighted by Crippen LogP contribution is -2.52. The number of hydrogen-bond acceptors (Lipinski definition) is 3. The predicted molar refractivity (Wildman–Crippen MR) is 56.7 cm³/mol. The van der Waals surface area contributed by atoms with Crippen LogP contribution in [0.1, 0.15) is 34.1 Å². The van der Waals surface area contributed by atoms with Crippen LogP contribution in [0.5, 0.6) is 0 Å². The van der Waals surface area contributed by atoms with E-state index in [4.69, 9.17) is 5.73 Å². The maximum absolute atomic E-state index is 11.6. The van der Waals surface area contributed by atoms with Crippen LogP contribution in [0.4, 0.5) is 0 Å². The third-order valence-corrected chi connectivity index (χ3v) is 2.54. The average Bonchev–Trinajstić information content (AvgIpc) is 2.03. The van der Waals surface area contributed by atoms with Gasteiger partial charge in [-0.1, -0.05) is 6.92 Å². The first-order valence-corrected chi connectivity index (χ1v) is 5.01. The molecule has 0 bridgehead atoms. The minimum Gasteiger partial charge on any atom is -0.391 e. The second kappa shape index (κ2) is 5.32. The van der Waals surface area contributed by atoms with Gasteiger partial charge in [-0.05, 0) is 33.7 Å². The third-order valence-electron chi connectivity index (χ3n) is 2.54. The molecule has 14 heavy (non-hydrogen) atoms. The Balaban J connectivity index is 4.17. The van der Waals surface area contributed by atoms with Crippen molar-refractivity contribution in [1.82, 2.24) is 5.32 Å². The summed E-state index contributed by atoms with van der Waals surface area (Å²) in [6, 6.07) is 0. The largest absolute Gasteiger partial charge is 0.391 e. The monoisotopic (exact) mass is 202 g/mol. The van der Waals surface area contributed by atoms with Crippen LogP contribution in [0.2, 0.25) is 0 Å². The summed E-state index contributed by atoms with van der Waals surface area (Å²) in [5, 5.41) is 12.2. The van der Waals surface area contributed by atoms with Gasteiger partial charge in [-0.15, -0.1) is 0 Å². The summed E-state index contributed by atoms with van der Waals surface area (Å²) in [5.74, 6) is -0.153. The molecule has 0 saturated heterocycles. The van der Waals surface area contributed by atoms with E-state index in [1.54, 1.807) is 20.8 Å². The second-order valence-corrected chi connectivity index (χ2v) is 4.37. The van der Waals surface area contributed by atoms with Gasteiger partial charge in [0.1, 0.15) is 0 Å². The fourth-order valence-electron chi connectivity index (χ4n) is 0.926. The second-order valence-electron chi connectivity index (χ2n) is 4.37. The summed E-state index contributed by atoms with van der Waals surface area (Å²) < 4.78 is 0. The van der Waals surface area contributed by atoms with E-state index >= 15 is 0 Å². The molecule has 2 unspecified atom stereocenters. The van der Waals surface area contributed by atoms with Crippen molar-refractivity contribution in [3.8, 4) is 0 Å². The quantitative estimate of drug-likeness (QED) is 0.598. The zero-order chi connectivity index (χ0) is 11.4. The lowest BCUT2D eigenvalue weighted by Gasteiger charge is -2.30. The molecule has 0 saturated carbocycles. The van der Waals surface area contributed by atoms with Gasteiger partial charge in [0, 0.05) is 5.92 Å². The fraction of sp³-hybridized carbons (Fsp3) is 0.900. The summed E-state index contributed by atoms with van der Waals surface area (Å²) in [4.78, 5) is 11.6. The van der Waals surface area contributed by atoms with Gasteiger partial charge in [0.05, 0.1) is 11.6 Å². The number of nitrogens with one attached hydrogen (secondary N) is 1. The van der Waals surface area contributed by atoms with Crippen molar-refractivity contribution >= 4 is 5.91 Å². The van der Waals surface area contributed by atoms with Crippen LogP contribution in [-0.4, -0.2) is 29.2 Å². The Kier molecular flexibility index (Phi) is 5.08. The number of carbonyl (C=O) groups excluding carboxylic acids is 1. The van der Waals surface area contributed by atoms with Crippen LogP contribution in [0.3, 0.4) is 0 Å². The summed E-state index contributed by atoms with van der Waals surface area (Å²) >= 11 is 0. The molecule has 0 spiro atoms. The molecular weight excluding hydrogens is 180 g/mol. The van der Waals surface area contributed by atoms with Crippen molar-refractivity contribution < 1.29 is 9.90 Å². The molecule has 4 N–H and O–H groups in total. The number of hydrogen-bond donors (Lipinski definition) is 3. The zero-order valence-corrected chi connectivity index (χ0v) is 9.50. The van der Waals surface area contributed by atoms with Crippen LogP contribution in [0.15, 0.2) is 0 Å². The molecule has 0 rings (SSSR count). The maximum atomic E-state index is 11.6. The minimum atomic E-state index is -0.583. The van der Waals surface area contributed by atoms with Gasteiger partial charge in [0.2, 0.25) is 5.91 Å². The Labute approximate surface area is 85.9 Å². The summed E-state index contributed by atoms with van der Waals surface area (Å²) in [6.07, 6.45) is 0.0957. The normalized spacial score (nSPS) is 16.1. The van der Waals surface area contributed by atoms with Gasteiger partial charge < -0.3 is 16.2 Å². The van der Waals surface area contributed by atoms with E-state index in [2.05, 4.69) is 5.32 Å². The molecule has 1 amide bonds. The van der Waals surface area contributed by atoms with E-state index in [9.17, 15) is 9.90 Å². The first kappa shape index (κ1) is 13.4. The van der Waals surface area contributed by atoms with Crippen LogP contribution in [0, 0.1) is 5.92 Å². The van der Waals surface area contributed by atoms with Crippen molar-refractivity contribution in [1.29, 1.82) is 0 Å². The highest BCUT2D eigenvalue weighted by molar-refractivity contribution is 5.79. The summed E-state index contributed by atoms with van der Waals surface area (Å²) in [7, 11) is 0. The van der Waals surface area contributed by atoms with Gasteiger partial charge in [0.15, 0.2) is 0 Å². The van der Waals surface area contributed by atoms with E-state index in [1.807, 2.05) is 6.92 Å². The van der Waals surface area contributed by atoms with Gasteiger partial charge in [0.25, 0.3) is 0 Å². The standard InChI is InChI=1S/C10H22N2O2/c1-7(5-6-11)9(14)12-10(3,4)8(2)13/h7-8,13H,5-6,11H2,1-4H3,(H,12,14). The number of nitrogens with two attached hydrogens (primary N) is 1. The van der Waals surface area contributed by atoms with Gasteiger partial charge in [-0.3, -0.25) is 4.79 Å². The van der Waals surface area contributed by atoms with E-state index in [-0.39, 0.29) is 11.8 Å². The highest BCUT2D eigenvalue weighted by Crippen LogP contribution is 2.10. The fourth-order valence-corrected chi connectivity index (χ4v) is 0.926. The van der Waals surface area contributed by atoms with E-state index in [0.717, 1.165) is 0 Å². The Morgan fingerprint density at radius 2 is 2.00 bits per heavy atom. The molecule has 0 heterocycles. The number of carbonyl (C=O) groups is 1. The molecule has 0 aliphatic carbocycles. The molecule has 4 nitrogen and oxygen atoms in total. The first-order chi connectivity index (χ1) is 6.31. The van der Waals surface area contributed by atoms with E-state index < -0.39 is 11.6 Å². The molecule has 0 aromatic carbocycles. The molecule has 2 atom stereocenters. The molecular formula is C10H22N2O2. The number of aliphatic hydroxyl groups excluding tert-OH is 1. The Bertz CT molecular complexity index is 191. The van der Waals surface area contributed by atoms with Crippen molar-refractivity contribution in [3.63, 3.8) is 0 Å². The van der Waals surface area contributed by atoms with Gasteiger partial charge >= 0.3 is 0 Å². The number of aliphatic hydroxyl groups is 1. The van der Waals surface area contributed by atoms with E-state index in [0.29, 0.717) is 13.0 Å². The van der Waals surface area contributed by atoms with Crippen molar-refractivity contribution in [2.45, 2.75) is 45.8 Å². The molecule has 0 aliphatic heterocycles. The zero-order valence-electron chi connectivity index (χ0n) is 9.50. The van der Waals surface area contributed by atoms with Gasteiger partial charge in [-0.2, -0.15) is 0 Å². The lowest BCUT2D eigenvalue weighted by atomic mass is 9.97. The summed E-state index contributed by atoms with van der Waals surface area (Å²) in [5.41, 5.74) is 4.78. The Hall–Kier alpha value is -0.610. The van der Waals surface area contributed by atoms with Crippen molar-refractivity contribution in [2.24, 2.45) is 11.7 Å². The van der Waals surface area contributed by atoms with Crippen LogP contribution in [-0.2, 0) is 4.79 Å². The molecule has 0 fully saturated rings. The molecule has 84 valence electrons. The summed E-state index contributed by atoms with van der Waals surface area (Å²) in [6.45, 7) is 7.59. The third kappa shape index (κ3) is 4.07. The van der Waals surface area contributed by atoms with E-state index in [1.165, 1.54) is 0 Å². The van der Waals surface area contributed by atoms with Crippen molar-refractivity contribution in [2.75, 3.05) is 6.54 Å². The Morgan fingerprint density at radius 3 is 2.36 bits per heavy atom. The maximum Gasteiger partial charge on any atom is 0.223 e.